The highest BCUT2D eigenvalue weighted by atomic mass is 16.6. The molecule has 1 aliphatic heterocycles. The molecule has 2 rings (SSSR count). The van der Waals surface area contributed by atoms with Gasteiger partial charge in [-0.25, -0.2) is 4.79 Å². The maximum Gasteiger partial charge on any atom is 0.410 e. The van der Waals surface area contributed by atoms with E-state index in [4.69, 9.17) is 4.74 Å². The van der Waals surface area contributed by atoms with Crippen molar-refractivity contribution in [3.63, 3.8) is 0 Å². The van der Waals surface area contributed by atoms with Crippen LogP contribution in [0.25, 0.3) is 0 Å². The summed E-state index contributed by atoms with van der Waals surface area (Å²) >= 11 is 0. The zero-order valence-corrected chi connectivity index (χ0v) is 11.9. The predicted octanol–water partition coefficient (Wildman–Crippen LogP) is 3.16. The van der Waals surface area contributed by atoms with Crippen molar-refractivity contribution in [3.05, 3.63) is 35.9 Å². The molecule has 1 amide bonds. The number of carbonyl (C=O) groups excluding carboxylic acids is 2. The van der Waals surface area contributed by atoms with Crippen LogP contribution in [0, 0.1) is 0 Å². The molecule has 1 aliphatic rings. The highest BCUT2D eigenvalue weighted by molar-refractivity contribution is 5.87. The van der Waals surface area contributed by atoms with Gasteiger partial charge in [0.15, 0.2) is 5.78 Å². The summed E-state index contributed by atoms with van der Waals surface area (Å²) in [7, 11) is 0. The Morgan fingerprint density at radius 2 is 2.05 bits per heavy atom. The lowest BCUT2D eigenvalue weighted by atomic mass is 10.1. The van der Waals surface area contributed by atoms with Gasteiger partial charge in [-0.15, -0.1) is 0 Å². The van der Waals surface area contributed by atoms with Crippen LogP contribution in [0.4, 0.5) is 4.79 Å². The van der Waals surface area contributed by atoms with Crippen LogP contribution in [0.15, 0.2) is 30.3 Å². The fraction of sp³-hybridized carbons (Fsp3) is 0.500. The number of hydrogen-bond donors (Lipinski definition) is 0. The Kier molecular flexibility index (Phi) is 5.16. The van der Waals surface area contributed by atoms with Crippen molar-refractivity contribution in [2.75, 3.05) is 6.54 Å². The number of hydrogen-bond acceptors (Lipinski definition) is 3. The Bertz CT molecular complexity index is 458. The minimum absolute atomic E-state index is 0.154. The van der Waals surface area contributed by atoms with Crippen LogP contribution >= 0.6 is 0 Å². The molecule has 0 aromatic heterocycles. The lowest BCUT2D eigenvalue weighted by molar-refractivity contribution is -0.123. The summed E-state index contributed by atoms with van der Waals surface area (Å²) < 4.78 is 5.31. The molecule has 1 saturated heterocycles. The summed E-state index contributed by atoms with van der Waals surface area (Å²) in [6.07, 6.45) is 2.62. The van der Waals surface area contributed by atoms with Gasteiger partial charge in [0, 0.05) is 13.0 Å². The lowest BCUT2D eigenvalue weighted by Crippen LogP contribution is -2.40. The second kappa shape index (κ2) is 7.08. The van der Waals surface area contributed by atoms with Crippen molar-refractivity contribution < 1.29 is 14.3 Å². The van der Waals surface area contributed by atoms with Gasteiger partial charge in [0.25, 0.3) is 0 Å². The van der Waals surface area contributed by atoms with Crippen LogP contribution in [0.5, 0.6) is 0 Å². The quantitative estimate of drug-likeness (QED) is 0.829. The van der Waals surface area contributed by atoms with Crippen LogP contribution < -0.4 is 0 Å². The number of Topliss-reactive ketones (excluding diaryl/α,β-unsaturated/α-hetero) is 1. The molecule has 20 heavy (non-hydrogen) atoms. The van der Waals surface area contributed by atoms with Gasteiger partial charge < -0.3 is 4.74 Å². The first kappa shape index (κ1) is 14.6. The fourth-order valence-corrected chi connectivity index (χ4v) is 2.54. The molecular formula is C16H21NO3. The second-order valence-corrected chi connectivity index (χ2v) is 5.11. The van der Waals surface area contributed by atoms with Gasteiger partial charge in [0.05, 0.1) is 6.04 Å². The molecule has 0 bridgehead atoms. The number of ether oxygens (including phenoxy) is 1. The minimum Gasteiger partial charge on any atom is -0.445 e. The number of carbonyl (C=O) groups is 2. The molecular weight excluding hydrogens is 254 g/mol. The number of amides is 1. The zero-order chi connectivity index (χ0) is 14.4. The van der Waals surface area contributed by atoms with Crippen LogP contribution in [0.1, 0.15) is 38.2 Å². The summed E-state index contributed by atoms with van der Waals surface area (Å²) in [5, 5.41) is 0. The van der Waals surface area contributed by atoms with Gasteiger partial charge in [0.1, 0.15) is 6.61 Å². The second-order valence-electron chi connectivity index (χ2n) is 5.11. The van der Waals surface area contributed by atoms with Crippen molar-refractivity contribution in [1.29, 1.82) is 0 Å². The molecule has 0 unspecified atom stereocenters. The zero-order valence-electron chi connectivity index (χ0n) is 11.9. The first-order chi connectivity index (χ1) is 9.72. The van der Waals surface area contributed by atoms with E-state index < -0.39 is 0 Å². The largest absolute Gasteiger partial charge is 0.445 e. The summed E-state index contributed by atoms with van der Waals surface area (Å²) in [5.41, 5.74) is 0.955. The molecule has 108 valence electrons. The standard InChI is InChI=1S/C16H21NO3/c1-2-7-15(18)14-10-6-11-17(14)16(19)20-12-13-8-4-3-5-9-13/h3-5,8-9,14H,2,6-7,10-12H2,1H3/t14-/m0/s1. The predicted molar refractivity (Wildman–Crippen MR) is 76.3 cm³/mol. The first-order valence-corrected chi connectivity index (χ1v) is 7.22. The molecule has 0 aliphatic carbocycles. The molecule has 0 saturated carbocycles. The Hall–Kier alpha value is -1.84. The van der Waals surface area contributed by atoms with E-state index in [2.05, 4.69) is 0 Å². The van der Waals surface area contributed by atoms with Crippen molar-refractivity contribution in [1.82, 2.24) is 4.90 Å². The van der Waals surface area contributed by atoms with Gasteiger partial charge in [-0.1, -0.05) is 37.3 Å². The third-order valence-corrected chi connectivity index (χ3v) is 3.56. The molecule has 1 atom stereocenters. The average Bonchev–Trinajstić information content (AvgIpc) is 2.96. The van der Waals surface area contributed by atoms with Crippen LogP contribution in [0.2, 0.25) is 0 Å². The maximum absolute atomic E-state index is 12.1. The molecule has 0 N–H and O–H groups in total. The Morgan fingerprint density at radius 3 is 2.75 bits per heavy atom. The van der Waals surface area contributed by atoms with E-state index in [-0.39, 0.29) is 24.5 Å². The molecule has 4 nitrogen and oxygen atoms in total. The first-order valence-electron chi connectivity index (χ1n) is 7.22. The third-order valence-electron chi connectivity index (χ3n) is 3.56. The summed E-state index contributed by atoms with van der Waals surface area (Å²) in [6, 6.07) is 9.29. The highest BCUT2D eigenvalue weighted by Crippen LogP contribution is 2.21. The van der Waals surface area contributed by atoms with Crippen LogP contribution in [-0.4, -0.2) is 29.4 Å². The van der Waals surface area contributed by atoms with E-state index in [1.165, 1.54) is 0 Å². The van der Waals surface area contributed by atoms with Crippen molar-refractivity contribution >= 4 is 11.9 Å². The highest BCUT2D eigenvalue weighted by Gasteiger charge is 2.34. The topological polar surface area (TPSA) is 46.6 Å². The Labute approximate surface area is 119 Å². The van der Waals surface area contributed by atoms with E-state index in [9.17, 15) is 9.59 Å². The molecule has 4 heteroatoms. The molecule has 0 spiro atoms. The molecule has 1 heterocycles. The van der Waals surface area contributed by atoms with Crippen molar-refractivity contribution in [3.8, 4) is 0 Å². The molecule has 1 fully saturated rings. The number of nitrogens with zero attached hydrogens (tertiary/aromatic N) is 1. The Morgan fingerprint density at radius 1 is 1.30 bits per heavy atom. The van der Waals surface area contributed by atoms with Gasteiger partial charge in [0.2, 0.25) is 0 Å². The number of rotatable bonds is 5. The molecule has 0 radical (unpaired) electrons. The third kappa shape index (κ3) is 3.59. The smallest absolute Gasteiger partial charge is 0.410 e. The van der Waals surface area contributed by atoms with E-state index in [0.29, 0.717) is 13.0 Å². The normalized spacial score (nSPS) is 18.1. The van der Waals surface area contributed by atoms with E-state index >= 15 is 0 Å². The molecule has 1 aromatic carbocycles. The average molecular weight is 275 g/mol. The van der Waals surface area contributed by atoms with Crippen LogP contribution in [-0.2, 0) is 16.1 Å². The summed E-state index contributed by atoms with van der Waals surface area (Å²) in [6.45, 7) is 2.85. The van der Waals surface area contributed by atoms with Gasteiger partial charge in [-0.2, -0.15) is 0 Å². The fourth-order valence-electron chi connectivity index (χ4n) is 2.54. The van der Waals surface area contributed by atoms with E-state index in [0.717, 1.165) is 24.8 Å². The lowest BCUT2D eigenvalue weighted by Gasteiger charge is -2.22. The Balaban J connectivity index is 1.89. The van der Waals surface area contributed by atoms with Crippen LogP contribution in [0.3, 0.4) is 0 Å². The molecule has 1 aromatic rings. The summed E-state index contributed by atoms with van der Waals surface area (Å²) in [5.74, 6) is 0.154. The van der Waals surface area contributed by atoms with Crippen molar-refractivity contribution in [2.45, 2.75) is 45.3 Å². The minimum atomic E-state index is -0.374. The maximum atomic E-state index is 12.1. The SMILES string of the molecule is CCCC(=O)[C@@H]1CCCN1C(=O)OCc1ccccc1. The monoisotopic (exact) mass is 275 g/mol. The van der Waals surface area contributed by atoms with E-state index in [1.54, 1.807) is 4.90 Å². The van der Waals surface area contributed by atoms with Gasteiger partial charge in [-0.05, 0) is 24.8 Å². The van der Waals surface area contributed by atoms with E-state index in [1.807, 2.05) is 37.3 Å². The number of ketones is 1. The van der Waals surface area contributed by atoms with Gasteiger partial charge in [-0.3, -0.25) is 9.69 Å². The number of likely N-dealkylation sites (tertiary alicyclic amines) is 1. The van der Waals surface area contributed by atoms with Gasteiger partial charge >= 0.3 is 6.09 Å². The summed E-state index contributed by atoms with van der Waals surface area (Å²) in [4.78, 5) is 25.7. The van der Waals surface area contributed by atoms with Crippen molar-refractivity contribution in [2.24, 2.45) is 0 Å². The number of benzene rings is 1.